The highest BCUT2D eigenvalue weighted by molar-refractivity contribution is 5.76. The Hall–Kier alpha value is -1.62. The Bertz CT molecular complexity index is 310. The lowest BCUT2D eigenvalue weighted by Gasteiger charge is -1.99. The van der Waals surface area contributed by atoms with E-state index in [-0.39, 0.29) is 11.8 Å². The number of hydrogen-bond donors (Lipinski definition) is 3. The van der Waals surface area contributed by atoms with E-state index in [4.69, 9.17) is 10.9 Å². The maximum absolute atomic E-state index is 12.5. The maximum atomic E-state index is 12.5. The van der Waals surface area contributed by atoms with Gasteiger partial charge in [-0.15, -0.1) is 0 Å². The fraction of sp³-hybridized carbons (Fsp3) is 0.222. The van der Waals surface area contributed by atoms with Crippen molar-refractivity contribution in [2.45, 2.75) is 6.42 Å². The lowest BCUT2D eigenvalue weighted by atomic mass is 10.1. The van der Waals surface area contributed by atoms with Gasteiger partial charge in [0.25, 0.3) is 0 Å². The van der Waals surface area contributed by atoms with Gasteiger partial charge >= 0.3 is 0 Å². The summed E-state index contributed by atoms with van der Waals surface area (Å²) in [4.78, 5) is 3.80. The summed E-state index contributed by atoms with van der Waals surface area (Å²) in [6, 6.07) is 6.17. The van der Waals surface area contributed by atoms with E-state index in [1.807, 2.05) is 0 Å². The van der Waals surface area contributed by atoms with E-state index in [0.29, 0.717) is 13.0 Å². The number of rotatable bonds is 3. The van der Waals surface area contributed by atoms with Crippen molar-refractivity contribution in [3.05, 3.63) is 35.6 Å². The van der Waals surface area contributed by atoms with Gasteiger partial charge in [-0.05, 0) is 24.1 Å². The fourth-order valence-corrected chi connectivity index (χ4v) is 0.992. The third-order valence-corrected chi connectivity index (χ3v) is 1.71. The van der Waals surface area contributed by atoms with Crippen LogP contribution in [0.4, 0.5) is 4.39 Å². The van der Waals surface area contributed by atoms with Crippen LogP contribution in [0.3, 0.4) is 0 Å². The van der Waals surface area contributed by atoms with Crippen LogP contribution in [0.1, 0.15) is 5.56 Å². The first kappa shape index (κ1) is 10.5. The quantitative estimate of drug-likeness (QED) is 0.379. The molecule has 0 aliphatic heterocycles. The summed E-state index contributed by atoms with van der Waals surface area (Å²) in [7, 11) is 0. The number of nitrogens with one attached hydrogen (secondary N) is 1. The number of halogens is 1. The molecule has 0 aromatic heterocycles. The van der Waals surface area contributed by atoms with Crippen molar-refractivity contribution in [2.24, 2.45) is 10.7 Å². The van der Waals surface area contributed by atoms with Gasteiger partial charge in [-0.2, -0.15) is 0 Å². The molecule has 0 amide bonds. The monoisotopic (exact) mass is 197 g/mol. The molecule has 0 radical (unpaired) electrons. The minimum Gasteiger partial charge on any atom is -0.368 e. The molecule has 0 aliphatic carbocycles. The zero-order chi connectivity index (χ0) is 10.4. The van der Waals surface area contributed by atoms with Crippen molar-refractivity contribution < 1.29 is 9.60 Å². The van der Waals surface area contributed by atoms with Gasteiger partial charge < -0.3 is 5.73 Å². The summed E-state index contributed by atoms with van der Waals surface area (Å²) in [6.45, 7) is 0.449. The molecule has 0 heterocycles. The average molecular weight is 197 g/mol. The predicted molar refractivity (Wildman–Crippen MR) is 51.5 cm³/mol. The van der Waals surface area contributed by atoms with Gasteiger partial charge in [-0.1, -0.05) is 12.1 Å². The third kappa shape index (κ3) is 3.40. The van der Waals surface area contributed by atoms with Crippen LogP contribution in [0, 0.1) is 5.82 Å². The number of benzene rings is 1. The first-order chi connectivity index (χ1) is 6.72. The van der Waals surface area contributed by atoms with Crippen LogP contribution in [-0.4, -0.2) is 17.7 Å². The molecule has 5 heteroatoms. The van der Waals surface area contributed by atoms with E-state index in [0.717, 1.165) is 5.56 Å². The van der Waals surface area contributed by atoms with Crippen LogP contribution < -0.4 is 11.2 Å². The minimum atomic E-state index is -0.256. The first-order valence-electron chi connectivity index (χ1n) is 4.17. The topological polar surface area (TPSA) is 70.6 Å². The number of hydroxylamine groups is 1. The van der Waals surface area contributed by atoms with E-state index >= 15 is 0 Å². The highest BCUT2D eigenvalue weighted by atomic mass is 19.1. The second-order valence-corrected chi connectivity index (χ2v) is 2.76. The maximum Gasteiger partial charge on any atom is 0.212 e. The Labute approximate surface area is 81.2 Å². The highest BCUT2D eigenvalue weighted by Gasteiger charge is 1.93. The summed E-state index contributed by atoms with van der Waals surface area (Å²) in [5, 5.41) is 8.31. The Kier molecular flexibility index (Phi) is 3.87. The lowest BCUT2D eigenvalue weighted by Crippen LogP contribution is -2.28. The normalized spacial score (nSPS) is 11.4. The summed E-state index contributed by atoms with van der Waals surface area (Å²) < 4.78 is 12.5. The van der Waals surface area contributed by atoms with Gasteiger partial charge in [0.15, 0.2) is 0 Å². The van der Waals surface area contributed by atoms with Crippen molar-refractivity contribution in [1.82, 2.24) is 5.48 Å². The predicted octanol–water partition coefficient (Wildman–Crippen LogP) is 0.662. The molecular formula is C9H12FN3O. The second kappa shape index (κ2) is 5.18. The molecule has 14 heavy (non-hydrogen) atoms. The van der Waals surface area contributed by atoms with E-state index < -0.39 is 0 Å². The first-order valence-corrected chi connectivity index (χ1v) is 4.17. The molecular weight excluding hydrogens is 185 g/mol. The Morgan fingerprint density at radius 3 is 2.64 bits per heavy atom. The number of hydrogen-bond acceptors (Lipinski definition) is 2. The molecule has 0 saturated heterocycles. The molecule has 0 fully saturated rings. The van der Waals surface area contributed by atoms with Crippen LogP contribution >= 0.6 is 0 Å². The molecule has 4 nitrogen and oxygen atoms in total. The van der Waals surface area contributed by atoms with E-state index in [9.17, 15) is 4.39 Å². The summed E-state index contributed by atoms with van der Waals surface area (Å²) in [6.07, 6.45) is 0.655. The van der Waals surface area contributed by atoms with Gasteiger partial charge in [-0.25, -0.2) is 9.87 Å². The van der Waals surface area contributed by atoms with E-state index in [1.54, 1.807) is 17.6 Å². The number of nitrogens with two attached hydrogens (primary N) is 1. The Morgan fingerprint density at radius 1 is 1.43 bits per heavy atom. The summed E-state index contributed by atoms with van der Waals surface area (Å²) in [5.74, 6) is -0.277. The average Bonchev–Trinajstić information content (AvgIpc) is 2.21. The van der Waals surface area contributed by atoms with Gasteiger partial charge in [0.1, 0.15) is 5.82 Å². The molecule has 0 unspecified atom stereocenters. The molecule has 0 aliphatic rings. The lowest BCUT2D eigenvalue weighted by molar-refractivity contribution is 0.232. The fourth-order valence-electron chi connectivity index (χ4n) is 0.992. The van der Waals surface area contributed by atoms with Gasteiger partial charge in [0.05, 0.1) is 0 Å². The Balaban J connectivity index is 2.42. The van der Waals surface area contributed by atoms with E-state index in [1.165, 1.54) is 12.1 Å². The molecule has 1 aromatic rings. The van der Waals surface area contributed by atoms with Crippen molar-refractivity contribution in [3.8, 4) is 0 Å². The standard InChI is InChI=1S/C9H12FN3O/c10-8-3-1-7(2-4-8)5-6-12-9(11)13-14/h1-4,14H,5-6H2,(H3,11,12,13). The molecule has 4 N–H and O–H groups in total. The highest BCUT2D eigenvalue weighted by Crippen LogP contribution is 2.03. The second-order valence-electron chi connectivity index (χ2n) is 2.76. The summed E-state index contributed by atoms with van der Waals surface area (Å²) in [5.41, 5.74) is 7.89. The van der Waals surface area contributed by atoms with Crippen molar-refractivity contribution in [1.29, 1.82) is 0 Å². The third-order valence-electron chi connectivity index (χ3n) is 1.71. The van der Waals surface area contributed by atoms with Crippen LogP contribution in [0.15, 0.2) is 29.3 Å². The smallest absolute Gasteiger partial charge is 0.212 e. The SMILES string of the molecule is NC(=NCCc1ccc(F)cc1)NO. The molecule has 0 saturated carbocycles. The number of nitrogens with zero attached hydrogens (tertiary/aromatic N) is 1. The number of aliphatic imine (C=N–C) groups is 1. The van der Waals surface area contributed by atoms with Crippen molar-refractivity contribution in [2.75, 3.05) is 6.54 Å². The molecule has 1 aromatic carbocycles. The van der Waals surface area contributed by atoms with Gasteiger partial charge in [0, 0.05) is 6.54 Å². The molecule has 0 bridgehead atoms. The molecule has 76 valence electrons. The van der Waals surface area contributed by atoms with Crippen LogP contribution in [0.2, 0.25) is 0 Å². The molecule has 0 atom stereocenters. The van der Waals surface area contributed by atoms with Crippen LogP contribution in [-0.2, 0) is 6.42 Å². The zero-order valence-electron chi connectivity index (χ0n) is 7.57. The van der Waals surface area contributed by atoms with Crippen molar-refractivity contribution in [3.63, 3.8) is 0 Å². The molecule has 0 spiro atoms. The number of guanidine groups is 1. The summed E-state index contributed by atoms with van der Waals surface area (Å²) >= 11 is 0. The van der Waals surface area contributed by atoms with Crippen molar-refractivity contribution >= 4 is 5.96 Å². The Morgan fingerprint density at radius 2 is 2.07 bits per heavy atom. The zero-order valence-corrected chi connectivity index (χ0v) is 7.57. The van der Waals surface area contributed by atoms with Crippen LogP contribution in [0.5, 0.6) is 0 Å². The molecule has 1 rings (SSSR count). The van der Waals surface area contributed by atoms with E-state index in [2.05, 4.69) is 4.99 Å². The van der Waals surface area contributed by atoms with Gasteiger partial charge in [-0.3, -0.25) is 10.2 Å². The van der Waals surface area contributed by atoms with Crippen LogP contribution in [0.25, 0.3) is 0 Å². The minimum absolute atomic E-state index is 0.0212. The van der Waals surface area contributed by atoms with Gasteiger partial charge in [0.2, 0.25) is 5.96 Å². The largest absolute Gasteiger partial charge is 0.368 e.